The highest BCUT2D eigenvalue weighted by atomic mass is 32.1. The predicted molar refractivity (Wildman–Crippen MR) is 28.7 cm³/mol. The van der Waals surface area contributed by atoms with E-state index in [9.17, 15) is 0 Å². The molecule has 6 N–H and O–H groups in total. The van der Waals surface area contributed by atoms with Crippen molar-refractivity contribution in [2.24, 2.45) is 11.5 Å². The Hall–Kier alpha value is -0.840. The fraction of sp³-hybridized carbons (Fsp3) is 0. The van der Waals surface area contributed by atoms with Crippen molar-refractivity contribution in [3.8, 4) is 0 Å². The lowest BCUT2D eigenvalue weighted by molar-refractivity contribution is -0.736. The van der Waals surface area contributed by atoms with Crippen LogP contribution in [0, 0.1) is 0 Å². The molecule has 0 amide bonds. The average molecular weight is 120 g/mol. The van der Waals surface area contributed by atoms with Gasteiger partial charge < -0.3 is 10.9 Å². The molecule has 0 aliphatic carbocycles. The molecule has 0 atom stereocenters. The highest BCUT2D eigenvalue weighted by Gasteiger charge is 1.98. The Balaban J connectivity index is 3.82. The van der Waals surface area contributed by atoms with Gasteiger partial charge >= 0.3 is 5.84 Å². The van der Waals surface area contributed by atoms with Crippen LogP contribution < -0.4 is 16.6 Å². The lowest BCUT2D eigenvalue weighted by atomic mass is 10.6. The molecule has 0 fully saturated rings. The second kappa shape index (κ2) is 2.35. The van der Waals surface area contributed by atoms with Crippen LogP contribution in [0.4, 0.5) is 0 Å². The average Bonchev–Trinajstić information content (AvgIpc) is 1.65. The summed E-state index contributed by atoms with van der Waals surface area (Å²) in [5.41, 5.74) is 9.80. The third kappa shape index (κ3) is 1.94. The maximum Gasteiger partial charge on any atom is 0.338 e. The SMILES string of the molecule is NC(=S)/C(N)=[NH+]\O. The van der Waals surface area contributed by atoms with Crippen LogP contribution in [0.2, 0.25) is 0 Å². The summed E-state index contributed by atoms with van der Waals surface area (Å²) in [4.78, 5) is -0.0394. The van der Waals surface area contributed by atoms with E-state index in [2.05, 4.69) is 12.2 Å². The van der Waals surface area contributed by atoms with Crippen molar-refractivity contribution in [1.82, 2.24) is 0 Å². The van der Waals surface area contributed by atoms with Crippen molar-refractivity contribution in [2.45, 2.75) is 0 Å². The summed E-state index contributed by atoms with van der Waals surface area (Å²) in [6.07, 6.45) is 0. The van der Waals surface area contributed by atoms with Crippen LogP contribution in [0.1, 0.15) is 0 Å². The van der Waals surface area contributed by atoms with Gasteiger partial charge in [0.15, 0.2) is 4.99 Å². The van der Waals surface area contributed by atoms with Gasteiger partial charge in [0.2, 0.25) is 0 Å². The fourth-order valence-corrected chi connectivity index (χ4v) is 0.101. The van der Waals surface area contributed by atoms with Gasteiger partial charge in [-0.3, -0.25) is 5.73 Å². The van der Waals surface area contributed by atoms with Gasteiger partial charge in [0.1, 0.15) is 0 Å². The molecular formula is C2H6N3OS+. The van der Waals surface area contributed by atoms with Crippen molar-refractivity contribution in [3.63, 3.8) is 0 Å². The first-order valence-electron chi connectivity index (χ1n) is 1.51. The van der Waals surface area contributed by atoms with Gasteiger partial charge in [0, 0.05) is 0 Å². The number of amidine groups is 1. The zero-order valence-electron chi connectivity index (χ0n) is 3.51. The molecule has 0 aliphatic heterocycles. The molecule has 0 aromatic rings. The van der Waals surface area contributed by atoms with Gasteiger partial charge in [-0.15, -0.1) is 0 Å². The Bertz CT molecular complexity index is 110. The Kier molecular flexibility index (Phi) is 2.07. The third-order valence-electron chi connectivity index (χ3n) is 0.386. The Morgan fingerprint density at radius 3 is 2.00 bits per heavy atom. The van der Waals surface area contributed by atoms with E-state index in [4.69, 9.17) is 16.7 Å². The summed E-state index contributed by atoms with van der Waals surface area (Å²) < 4.78 is 0. The van der Waals surface area contributed by atoms with E-state index in [1.165, 1.54) is 0 Å². The molecule has 0 spiro atoms. The van der Waals surface area contributed by atoms with E-state index >= 15 is 0 Å². The lowest BCUT2D eigenvalue weighted by Crippen LogP contribution is -2.74. The predicted octanol–water partition coefficient (Wildman–Crippen LogP) is -2.90. The summed E-state index contributed by atoms with van der Waals surface area (Å²) in [6, 6.07) is 0. The van der Waals surface area contributed by atoms with Gasteiger partial charge in [0.05, 0.1) is 0 Å². The number of nitrogens with one attached hydrogen (secondary N) is 1. The number of hydrogen-bond donors (Lipinski definition) is 4. The van der Waals surface area contributed by atoms with E-state index < -0.39 is 0 Å². The van der Waals surface area contributed by atoms with E-state index in [1.54, 1.807) is 5.16 Å². The van der Waals surface area contributed by atoms with Crippen LogP contribution >= 0.6 is 12.2 Å². The normalized spacial score (nSPS) is 11.1. The monoisotopic (exact) mass is 120 g/mol. The maximum atomic E-state index is 7.93. The molecule has 0 unspecified atom stereocenters. The van der Waals surface area contributed by atoms with Gasteiger partial charge in [-0.05, 0) is 0 Å². The maximum absolute atomic E-state index is 7.93. The molecule has 0 saturated heterocycles. The van der Waals surface area contributed by atoms with Gasteiger partial charge in [0.25, 0.3) is 0 Å². The fourth-order valence-electron chi connectivity index (χ4n) is 0.0551. The zero-order chi connectivity index (χ0) is 5.86. The van der Waals surface area contributed by atoms with Gasteiger partial charge in [-0.2, -0.15) is 0 Å². The molecule has 40 valence electrons. The first-order valence-corrected chi connectivity index (χ1v) is 1.91. The molecule has 4 nitrogen and oxygen atoms in total. The molecule has 5 heteroatoms. The molecule has 0 radical (unpaired) electrons. The molecule has 0 heterocycles. The number of hydrogen-bond acceptors (Lipinski definition) is 2. The molecule has 0 aromatic heterocycles. The molecule has 0 saturated carbocycles. The second-order valence-corrected chi connectivity index (χ2v) is 1.33. The summed E-state index contributed by atoms with van der Waals surface area (Å²) in [7, 11) is 0. The number of thiocarbonyl (C=S) groups is 1. The van der Waals surface area contributed by atoms with Gasteiger partial charge in [-0.25, -0.2) is 0 Å². The molecular weight excluding hydrogens is 114 g/mol. The first kappa shape index (κ1) is 6.16. The minimum absolute atomic E-state index is 0.0394. The van der Waals surface area contributed by atoms with Crippen LogP contribution in [-0.2, 0) is 0 Å². The van der Waals surface area contributed by atoms with Gasteiger partial charge in [-0.1, -0.05) is 17.4 Å². The molecule has 7 heavy (non-hydrogen) atoms. The zero-order valence-corrected chi connectivity index (χ0v) is 4.33. The molecule has 0 rings (SSSR count). The van der Waals surface area contributed by atoms with E-state index in [-0.39, 0.29) is 10.8 Å². The number of rotatable bonds is 0. The topological polar surface area (TPSA) is 86.2 Å². The minimum atomic E-state index is -0.0880. The smallest absolute Gasteiger partial charge is 0.338 e. The molecule has 0 aliphatic rings. The van der Waals surface area contributed by atoms with Crippen molar-refractivity contribution >= 4 is 23.0 Å². The van der Waals surface area contributed by atoms with Crippen molar-refractivity contribution in [3.05, 3.63) is 0 Å². The molecule has 0 bridgehead atoms. The van der Waals surface area contributed by atoms with Crippen LogP contribution in [-0.4, -0.2) is 16.0 Å². The Labute approximate surface area is 45.8 Å². The van der Waals surface area contributed by atoms with Crippen LogP contribution in [0.5, 0.6) is 0 Å². The van der Waals surface area contributed by atoms with Crippen LogP contribution in [0.15, 0.2) is 0 Å². The minimum Gasteiger partial charge on any atom is -0.383 e. The van der Waals surface area contributed by atoms with E-state index in [0.717, 1.165) is 0 Å². The van der Waals surface area contributed by atoms with E-state index in [0.29, 0.717) is 0 Å². The summed E-state index contributed by atoms with van der Waals surface area (Å²) in [5, 5.41) is 9.52. The largest absolute Gasteiger partial charge is 0.383 e. The highest BCUT2D eigenvalue weighted by molar-refractivity contribution is 7.81. The van der Waals surface area contributed by atoms with Crippen molar-refractivity contribution < 1.29 is 10.4 Å². The molecule has 0 aromatic carbocycles. The second-order valence-electron chi connectivity index (χ2n) is 0.890. The van der Waals surface area contributed by atoms with Crippen LogP contribution in [0.3, 0.4) is 0 Å². The summed E-state index contributed by atoms with van der Waals surface area (Å²) in [5.74, 6) is -0.0880. The quantitative estimate of drug-likeness (QED) is 0.0908. The Morgan fingerprint density at radius 2 is 2.00 bits per heavy atom. The summed E-state index contributed by atoms with van der Waals surface area (Å²) >= 11 is 4.31. The first-order chi connectivity index (χ1) is 3.18. The third-order valence-corrected chi connectivity index (χ3v) is 0.606. The highest BCUT2D eigenvalue weighted by Crippen LogP contribution is 1.51. The lowest BCUT2D eigenvalue weighted by Gasteiger charge is -1.80. The van der Waals surface area contributed by atoms with Crippen LogP contribution in [0.25, 0.3) is 0 Å². The Morgan fingerprint density at radius 1 is 1.57 bits per heavy atom. The summed E-state index contributed by atoms with van der Waals surface area (Å²) in [6.45, 7) is 0. The number of nitrogens with two attached hydrogens (primary N) is 2. The van der Waals surface area contributed by atoms with Crippen molar-refractivity contribution in [2.75, 3.05) is 0 Å². The standard InChI is InChI=1S/C2H5N3OS/c3-1(5-6)2(4)7/h6H,(H2,3,5)(H2,4,7)/p+1. The van der Waals surface area contributed by atoms with Crippen molar-refractivity contribution in [1.29, 1.82) is 0 Å². The van der Waals surface area contributed by atoms with E-state index in [1.807, 2.05) is 0 Å².